The number of rotatable bonds is 8. The number of alkyl halides is 2. The molecule has 0 aliphatic heterocycles. The third-order valence-corrected chi connectivity index (χ3v) is 6.40. The topological polar surface area (TPSA) is 86.2 Å². The maximum atomic E-state index is 13.0. The maximum Gasteiger partial charge on any atom is 0.387 e. The van der Waals surface area contributed by atoms with E-state index in [1.54, 1.807) is 30.5 Å². The molecule has 1 aliphatic carbocycles. The van der Waals surface area contributed by atoms with Crippen molar-refractivity contribution < 1.29 is 23.0 Å². The van der Waals surface area contributed by atoms with Crippen LogP contribution in [0.2, 0.25) is 0 Å². The van der Waals surface area contributed by atoms with Crippen LogP contribution in [0.3, 0.4) is 0 Å². The number of ketones is 1. The summed E-state index contributed by atoms with van der Waals surface area (Å²) in [5, 5.41) is 0. The van der Waals surface area contributed by atoms with Gasteiger partial charge in [0.25, 0.3) is 0 Å². The Morgan fingerprint density at radius 2 is 1.81 bits per heavy atom. The number of carbonyl (C=O) groups is 1. The molecule has 1 fully saturated rings. The van der Waals surface area contributed by atoms with Crippen LogP contribution in [-0.2, 0) is 22.7 Å². The molecule has 1 N–H and O–H groups in total. The molecule has 1 saturated carbocycles. The van der Waals surface area contributed by atoms with Crippen LogP contribution in [0.1, 0.15) is 37.1 Å². The molecule has 0 saturated heterocycles. The lowest BCUT2D eigenvalue weighted by atomic mass is 9.96. The fourth-order valence-corrected chi connectivity index (χ4v) is 4.52. The van der Waals surface area contributed by atoms with Gasteiger partial charge >= 0.3 is 6.61 Å². The fraction of sp³-hybridized carbons (Fsp3) is 0.296. The number of Topliss-reactive ketones (excluding diaryl/α,β-unsaturated/α-hetero) is 1. The first-order valence-corrected chi connectivity index (χ1v) is 11.8. The number of aromatic amines is 1. The van der Waals surface area contributed by atoms with Gasteiger partial charge in [-0.05, 0) is 48.2 Å². The molecule has 0 spiro atoms. The van der Waals surface area contributed by atoms with Crippen molar-refractivity contribution in [3.8, 4) is 16.9 Å². The number of nitrogens with one attached hydrogen (secondary N) is 1. The Bertz CT molecular complexity index is 1420. The van der Waals surface area contributed by atoms with Crippen LogP contribution < -0.4 is 10.3 Å². The second kappa shape index (κ2) is 10.4. The molecule has 2 aromatic heterocycles. The monoisotopic (exact) mass is 493 g/mol. The van der Waals surface area contributed by atoms with E-state index in [4.69, 9.17) is 14.5 Å². The predicted octanol–water partition coefficient (Wildman–Crippen LogP) is 5.07. The zero-order valence-corrected chi connectivity index (χ0v) is 19.5. The van der Waals surface area contributed by atoms with Gasteiger partial charge in [-0.2, -0.15) is 8.78 Å². The number of carbonyl (C=O) groups excluding carboxylic acids is 1. The molecular formula is C27H25F2N3O4. The number of ether oxygens (including phenoxy) is 2. The predicted molar refractivity (Wildman–Crippen MR) is 130 cm³/mol. The van der Waals surface area contributed by atoms with E-state index in [2.05, 4.69) is 4.98 Å². The molecule has 0 radical (unpaired) electrons. The van der Waals surface area contributed by atoms with Gasteiger partial charge in [0.1, 0.15) is 24.0 Å². The minimum atomic E-state index is -2.94. The van der Waals surface area contributed by atoms with Crippen molar-refractivity contribution in [1.82, 2.24) is 14.5 Å². The lowest BCUT2D eigenvalue weighted by molar-refractivity contribution is -0.123. The molecule has 0 amide bonds. The molecule has 5 rings (SSSR count). The second-order valence-electron chi connectivity index (χ2n) is 8.79. The van der Waals surface area contributed by atoms with Gasteiger partial charge in [0, 0.05) is 30.7 Å². The Balaban J connectivity index is 1.52. The van der Waals surface area contributed by atoms with Crippen molar-refractivity contribution in [2.75, 3.05) is 0 Å². The van der Waals surface area contributed by atoms with Crippen LogP contribution in [0.25, 0.3) is 22.2 Å². The molecule has 9 heteroatoms. The van der Waals surface area contributed by atoms with Crippen LogP contribution in [0.5, 0.6) is 5.75 Å². The molecule has 0 atom stereocenters. The number of benzene rings is 2. The number of aromatic nitrogens is 3. The highest BCUT2D eigenvalue weighted by Crippen LogP contribution is 2.29. The fourth-order valence-electron chi connectivity index (χ4n) is 4.52. The summed E-state index contributed by atoms with van der Waals surface area (Å²) in [7, 11) is 0. The molecule has 36 heavy (non-hydrogen) atoms. The summed E-state index contributed by atoms with van der Waals surface area (Å²) in [5.74, 6) is 1.00. The molecule has 0 unspecified atom stereocenters. The number of hydrogen-bond donors (Lipinski definition) is 1. The Hall–Kier alpha value is -3.85. The van der Waals surface area contributed by atoms with Crippen molar-refractivity contribution in [2.24, 2.45) is 0 Å². The Morgan fingerprint density at radius 1 is 1.03 bits per heavy atom. The largest absolute Gasteiger partial charge is 0.434 e. The van der Waals surface area contributed by atoms with Gasteiger partial charge in [-0.25, -0.2) is 4.98 Å². The van der Waals surface area contributed by atoms with Crippen molar-refractivity contribution in [3.63, 3.8) is 0 Å². The highest BCUT2D eigenvalue weighted by atomic mass is 19.3. The molecular weight excluding hydrogens is 468 g/mol. The minimum absolute atomic E-state index is 0.0258. The lowest BCUT2D eigenvalue weighted by Gasteiger charge is -2.21. The van der Waals surface area contributed by atoms with E-state index in [-0.39, 0.29) is 36.3 Å². The first-order chi connectivity index (χ1) is 17.5. The maximum absolute atomic E-state index is 13.0. The highest BCUT2D eigenvalue weighted by molar-refractivity contribution is 5.82. The summed E-state index contributed by atoms with van der Waals surface area (Å²) in [4.78, 5) is 30.5. The van der Waals surface area contributed by atoms with E-state index in [0.29, 0.717) is 37.1 Å². The van der Waals surface area contributed by atoms with Gasteiger partial charge in [-0.1, -0.05) is 24.3 Å². The first kappa shape index (κ1) is 23.9. The number of imidazole rings is 1. The molecule has 2 heterocycles. The summed E-state index contributed by atoms with van der Waals surface area (Å²) >= 11 is 0. The highest BCUT2D eigenvalue weighted by Gasteiger charge is 2.21. The standard InChI is InChI=1S/C27H25F2N3O4/c28-27(29)36-24-4-2-1-3-19(24)15-32-23-13-17(18-6-12-26(34)30-14-18)5-11-22(23)31-25(32)16-35-21-9-7-20(33)8-10-21/h1-6,11-14,21,27H,7-10,15-16H2,(H,30,34). The SMILES string of the molecule is O=C1CCC(OCc2nc3ccc(-c4ccc(=O)[nH]c4)cc3n2Cc2ccccc2OC(F)F)CC1. The zero-order valence-electron chi connectivity index (χ0n) is 19.5. The Kier molecular flexibility index (Phi) is 6.90. The minimum Gasteiger partial charge on any atom is -0.434 e. The molecule has 7 nitrogen and oxygen atoms in total. The number of nitrogens with zero attached hydrogens (tertiary/aromatic N) is 2. The van der Waals surface area contributed by atoms with E-state index >= 15 is 0 Å². The summed E-state index contributed by atoms with van der Waals surface area (Å²) in [6, 6.07) is 15.6. The van der Waals surface area contributed by atoms with E-state index in [1.165, 1.54) is 12.1 Å². The second-order valence-corrected chi connectivity index (χ2v) is 8.79. The first-order valence-electron chi connectivity index (χ1n) is 11.8. The van der Waals surface area contributed by atoms with Crippen molar-refractivity contribution in [3.05, 3.63) is 82.5 Å². The number of para-hydroxylation sites is 1. The van der Waals surface area contributed by atoms with Gasteiger partial charge in [0.05, 0.1) is 23.7 Å². The molecule has 0 bridgehead atoms. The van der Waals surface area contributed by atoms with Gasteiger partial charge in [-0.15, -0.1) is 0 Å². The number of halogens is 2. The van der Waals surface area contributed by atoms with Crippen molar-refractivity contribution >= 4 is 16.8 Å². The van der Waals surface area contributed by atoms with Gasteiger partial charge < -0.3 is 19.0 Å². The average molecular weight is 494 g/mol. The average Bonchev–Trinajstić information content (AvgIpc) is 3.21. The van der Waals surface area contributed by atoms with Crippen LogP contribution in [0.15, 0.2) is 65.6 Å². The molecule has 186 valence electrons. The van der Waals surface area contributed by atoms with Crippen LogP contribution in [0.4, 0.5) is 8.78 Å². The van der Waals surface area contributed by atoms with Crippen LogP contribution in [-0.4, -0.2) is 33.0 Å². The molecule has 2 aromatic carbocycles. The lowest BCUT2D eigenvalue weighted by Crippen LogP contribution is -2.22. The van der Waals surface area contributed by atoms with Crippen molar-refractivity contribution in [1.29, 1.82) is 0 Å². The summed E-state index contributed by atoms with van der Waals surface area (Å²) in [5.41, 5.74) is 3.61. The van der Waals surface area contributed by atoms with Gasteiger partial charge in [-0.3, -0.25) is 9.59 Å². The van der Waals surface area contributed by atoms with Crippen molar-refractivity contribution in [2.45, 2.75) is 51.6 Å². The number of hydrogen-bond acceptors (Lipinski definition) is 5. The smallest absolute Gasteiger partial charge is 0.387 e. The van der Waals surface area contributed by atoms with Crippen LogP contribution in [0, 0.1) is 0 Å². The third kappa shape index (κ3) is 5.36. The van der Waals surface area contributed by atoms with E-state index in [9.17, 15) is 18.4 Å². The van der Waals surface area contributed by atoms with E-state index < -0.39 is 6.61 Å². The summed E-state index contributed by atoms with van der Waals surface area (Å²) in [6.45, 7) is -2.47. The van der Waals surface area contributed by atoms with E-state index in [1.807, 2.05) is 22.8 Å². The third-order valence-electron chi connectivity index (χ3n) is 6.40. The normalized spacial score (nSPS) is 14.6. The number of H-pyrrole nitrogens is 1. The van der Waals surface area contributed by atoms with Gasteiger partial charge in [0.15, 0.2) is 0 Å². The summed E-state index contributed by atoms with van der Waals surface area (Å²) in [6.07, 6.45) is 4.01. The van der Waals surface area contributed by atoms with E-state index in [0.717, 1.165) is 22.2 Å². The number of pyridine rings is 1. The zero-order chi connectivity index (χ0) is 25.1. The summed E-state index contributed by atoms with van der Waals surface area (Å²) < 4.78 is 38.9. The molecule has 4 aromatic rings. The van der Waals surface area contributed by atoms with Gasteiger partial charge in [0.2, 0.25) is 5.56 Å². The quantitative estimate of drug-likeness (QED) is 0.370. The Morgan fingerprint density at radius 3 is 2.56 bits per heavy atom. The van der Waals surface area contributed by atoms with Crippen LogP contribution >= 0.6 is 0 Å². The Labute approximate surface area is 205 Å². The molecule has 1 aliphatic rings. The number of fused-ring (bicyclic) bond motifs is 1.